The van der Waals surface area contributed by atoms with Gasteiger partial charge in [-0.2, -0.15) is 0 Å². The lowest BCUT2D eigenvalue weighted by Gasteiger charge is -2.27. The molecule has 124 valence electrons. The van der Waals surface area contributed by atoms with Gasteiger partial charge >= 0.3 is 0 Å². The number of anilines is 3. The van der Waals surface area contributed by atoms with Crippen molar-refractivity contribution in [2.75, 3.05) is 4.90 Å². The Morgan fingerprint density at radius 3 is 1.52 bits per heavy atom. The molecule has 0 atom stereocenters. The lowest BCUT2D eigenvalue weighted by molar-refractivity contribution is 0.590. The molecule has 0 unspecified atom stereocenters. The second-order valence-electron chi connectivity index (χ2n) is 7.20. The molecule has 0 fully saturated rings. The molecule has 0 aliphatic rings. The molecule has 0 saturated carbocycles. The molecule has 0 spiro atoms. The van der Waals surface area contributed by atoms with Crippen LogP contribution in [0.1, 0.15) is 26.3 Å². The van der Waals surface area contributed by atoms with Crippen molar-refractivity contribution in [3.63, 3.8) is 0 Å². The Balaban J connectivity index is 2.07. The van der Waals surface area contributed by atoms with Crippen molar-refractivity contribution in [3.05, 3.63) is 84.2 Å². The number of hydrogen-bond donors (Lipinski definition) is 0. The van der Waals surface area contributed by atoms with E-state index in [0.717, 1.165) is 17.1 Å². The molecule has 3 aromatic rings. The number of rotatable bonds is 3. The van der Waals surface area contributed by atoms with Crippen molar-refractivity contribution in [1.29, 1.82) is 0 Å². The van der Waals surface area contributed by atoms with Crippen LogP contribution < -0.4 is 10.4 Å². The lowest BCUT2D eigenvalue weighted by atomic mass is 9.87. The Morgan fingerprint density at radius 2 is 1.08 bits per heavy atom. The van der Waals surface area contributed by atoms with Gasteiger partial charge in [-0.3, -0.25) is 0 Å². The van der Waals surface area contributed by atoms with Crippen LogP contribution in [0, 0.1) is 5.82 Å². The van der Waals surface area contributed by atoms with E-state index in [-0.39, 0.29) is 11.2 Å². The summed E-state index contributed by atoms with van der Waals surface area (Å²) >= 11 is 0. The first kappa shape index (κ1) is 17.3. The summed E-state index contributed by atoms with van der Waals surface area (Å²) < 4.78 is 13.4. The third-order valence-corrected chi connectivity index (χ3v) is 4.23. The molecule has 2 radical (unpaired) electrons. The van der Waals surface area contributed by atoms with Crippen LogP contribution in [0.3, 0.4) is 0 Å². The predicted octanol–water partition coefficient (Wildman–Crippen LogP) is 5.39. The van der Waals surface area contributed by atoms with Gasteiger partial charge in [-0.05, 0) is 59.5 Å². The standard InChI is InChI=1S/C22H21BFN/c1-22(2,3)16-4-10-19(11-5-16)25(20-12-6-17(23)7-13-20)21-14-8-18(24)9-15-21/h4-15H,1-3H3. The molecule has 3 aromatic carbocycles. The minimum absolute atomic E-state index is 0.0977. The van der Waals surface area contributed by atoms with Gasteiger partial charge in [0.1, 0.15) is 13.7 Å². The van der Waals surface area contributed by atoms with E-state index >= 15 is 0 Å². The maximum atomic E-state index is 13.4. The van der Waals surface area contributed by atoms with Crippen molar-refractivity contribution in [1.82, 2.24) is 0 Å². The van der Waals surface area contributed by atoms with Gasteiger partial charge < -0.3 is 4.90 Å². The van der Waals surface area contributed by atoms with Crippen LogP contribution in [-0.4, -0.2) is 7.85 Å². The van der Waals surface area contributed by atoms with Crippen LogP contribution in [0.25, 0.3) is 0 Å². The number of nitrogens with zero attached hydrogens (tertiary/aromatic N) is 1. The van der Waals surface area contributed by atoms with Crippen molar-refractivity contribution in [2.24, 2.45) is 0 Å². The van der Waals surface area contributed by atoms with E-state index in [2.05, 4.69) is 49.9 Å². The van der Waals surface area contributed by atoms with Gasteiger partial charge in [0.2, 0.25) is 0 Å². The quantitative estimate of drug-likeness (QED) is 0.583. The normalized spacial score (nSPS) is 11.4. The summed E-state index contributed by atoms with van der Waals surface area (Å²) in [4.78, 5) is 2.09. The van der Waals surface area contributed by atoms with Crippen molar-refractivity contribution >= 4 is 30.4 Å². The van der Waals surface area contributed by atoms with E-state index in [9.17, 15) is 4.39 Å². The zero-order valence-electron chi connectivity index (χ0n) is 14.8. The summed E-state index contributed by atoms with van der Waals surface area (Å²) in [5, 5.41) is 0. The van der Waals surface area contributed by atoms with Gasteiger partial charge in [0, 0.05) is 17.1 Å². The van der Waals surface area contributed by atoms with Crippen LogP contribution in [0.5, 0.6) is 0 Å². The fourth-order valence-electron chi connectivity index (χ4n) is 2.77. The van der Waals surface area contributed by atoms with E-state index in [1.807, 2.05) is 24.3 Å². The zero-order chi connectivity index (χ0) is 18.0. The second kappa shape index (κ2) is 6.75. The van der Waals surface area contributed by atoms with Crippen LogP contribution in [0.2, 0.25) is 0 Å². The van der Waals surface area contributed by atoms with E-state index in [1.54, 1.807) is 12.1 Å². The molecule has 0 bridgehead atoms. The molecule has 25 heavy (non-hydrogen) atoms. The maximum absolute atomic E-state index is 13.4. The minimum atomic E-state index is -0.246. The molecule has 0 heterocycles. The maximum Gasteiger partial charge on any atom is 0.123 e. The average Bonchev–Trinajstić information content (AvgIpc) is 2.58. The van der Waals surface area contributed by atoms with Crippen molar-refractivity contribution < 1.29 is 4.39 Å². The van der Waals surface area contributed by atoms with Gasteiger partial charge in [0.05, 0.1) is 0 Å². The number of hydrogen-bond acceptors (Lipinski definition) is 1. The Labute approximate surface area is 150 Å². The molecule has 0 amide bonds. The zero-order valence-corrected chi connectivity index (χ0v) is 14.8. The Morgan fingerprint density at radius 1 is 0.680 bits per heavy atom. The highest BCUT2D eigenvalue weighted by Gasteiger charge is 2.16. The molecule has 3 heteroatoms. The summed E-state index contributed by atoms with van der Waals surface area (Å²) in [7, 11) is 5.82. The van der Waals surface area contributed by atoms with Gasteiger partial charge in [-0.25, -0.2) is 4.39 Å². The first-order valence-corrected chi connectivity index (χ1v) is 8.36. The topological polar surface area (TPSA) is 3.24 Å². The first-order chi connectivity index (χ1) is 11.8. The smallest absolute Gasteiger partial charge is 0.123 e. The summed E-state index contributed by atoms with van der Waals surface area (Å²) in [5.41, 5.74) is 4.97. The van der Waals surface area contributed by atoms with E-state index in [4.69, 9.17) is 7.85 Å². The highest BCUT2D eigenvalue weighted by atomic mass is 19.1. The fourth-order valence-corrected chi connectivity index (χ4v) is 2.77. The minimum Gasteiger partial charge on any atom is -0.311 e. The second-order valence-corrected chi connectivity index (χ2v) is 7.20. The van der Waals surface area contributed by atoms with Gasteiger partial charge in [0.15, 0.2) is 0 Å². The fraction of sp³-hybridized carbons (Fsp3) is 0.182. The SMILES string of the molecule is [B]c1ccc(N(c2ccc(F)cc2)c2ccc(C(C)(C)C)cc2)cc1. The molecule has 0 aliphatic heterocycles. The molecule has 0 aliphatic carbocycles. The summed E-state index contributed by atoms with van der Waals surface area (Å²) in [5.74, 6) is -0.246. The first-order valence-electron chi connectivity index (χ1n) is 8.36. The summed E-state index contributed by atoms with van der Waals surface area (Å²) in [6, 6.07) is 22.7. The third-order valence-electron chi connectivity index (χ3n) is 4.23. The van der Waals surface area contributed by atoms with E-state index in [0.29, 0.717) is 5.46 Å². The van der Waals surface area contributed by atoms with Crippen LogP contribution >= 0.6 is 0 Å². The largest absolute Gasteiger partial charge is 0.311 e. The molecular formula is C22H21BFN. The Bertz CT molecular complexity index is 786. The van der Waals surface area contributed by atoms with Crippen LogP contribution in [-0.2, 0) is 5.41 Å². The Hall–Kier alpha value is -2.55. The van der Waals surface area contributed by atoms with Crippen molar-refractivity contribution in [2.45, 2.75) is 26.2 Å². The van der Waals surface area contributed by atoms with Crippen LogP contribution in [0.4, 0.5) is 21.5 Å². The monoisotopic (exact) mass is 329 g/mol. The van der Waals surface area contributed by atoms with Gasteiger partial charge in [0.25, 0.3) is 0 Å². The average molecular weight is 329 g/mol. The van der Waals surface area contributed by atoms with Gasteiger partial charge in [-0.15, -0.1) is 0 Å². The highest BCUT2D eigenvalue weighted by Crippen LogP contribution is 2.35. The summed E-state index contributed by atoms with van der Waals surface area (Å²) in [6.07, 6.45) is 0. The van der Waals surface area contributed by atoms with E-state index < -0.39 is 0 Å². The van der Waals surface area contributed by atoms with Crippen molar-refractivity contribution in [3.8, 4) is 0 Å². The predicted molar refractivity (Wildman–Crippen MR) is 105 cm³/mol. The summed E-state index contributed by atoms with van der Waals surface area (Å²) in [6.45, 7) is 6.58. The highest BCUT2D eigenvalue weighted by molar-refractivity contribution is 6.32. The molecule has 1 nitrogen and oxygen atoms in total. The Kier molecular flexibility index (Phi) is 4.67. The number of halogens is 1. The molecule has 0 aromatic heterocycles. The molecule has 0 saturated heterocycles. The lowest BCUT2D eigenvalue weighted by Crippen LogP contribution is -2.13. The van der Waals surface area contributed by atoms with Gasteiger partial charge in [-0.1, -0.05) is 50.5 Å². The third kappa shape index (κ3) is 3.93. The molecular weight excluding hydrogens is 308 g/mol. The van der Waals surface area contributed by atoms with E-state index in [1.165, 1.54) is 17.7 Å². The molecule has 0 N–H and O–H groups in total. The molecule has 3 rings (SSSR count). The van der Waals surface area contributed by atoms with Crippen LogP contribution in [0.15, 0.2) is 72.8 Å². The number of benzene rings is 3.